The molecule has 4 bridgehead atoms. The molecule has 0 amide bonds. The lowest BCUT2D eigenvalue weighted by Gasteiger charge is -2.76. The average molecular weight is 691 g/mol. The van der Waals surface area contributed by atoms with Crippen LogP contribution in [0, 0.1) is 62.1 Å². The minimum Gasteiger partial charge on any atom is -0.481 e. The van der Waals surface area contributed by atoms with Crippen LogP contribution < -0.4 is 0 Å². The van der Waals surface area contributed by atoms with Crippen LogP contribution in [0.3, 0.4) is 0 Å². The van der Waals surface area contributed by atoms with Crippen molar-refractivity contribution < 1.29 is 55.1 Å². The van der Waals surface area contributed by atoms with Gasteiger partial charge in [-0.3, -0.25) is 4.79 Å². The van der Waals surface area contributed by atoms with Crippen LogP contribution in [0.15, 0.2) is 23.8 Å². The molecule has 1 aliphatic heterocycles. The van der Waals surface area contributed by atoms with Crippen LogP contribution in [0.5, 0.6) is 0 Å². The zero-order chi connectivity index (χ0) is 35.7. The van der Waals surface area contributed by atoms with E-state index >= 15 is 0 Å². The second kappa shape index (κ2) is 11.5. The first-order valence-corrected chi connectivity index (χ1v) is 18.4. The first-order chi connectivity index (χ1) is 22.9. The van der Waals surface area contributed by atoms with Gasteiger partial charge in [-0.25, -0.2) is 0 Å². The SMILES string of the molecule is C[C@]1(CO)CC[C@]2(C(=O)O)CC[C@]3(C)C(=CC[C@@H]4[C@]5(C)[C@@H]6[C@@H](C=C[C@H]5[C@@H](O)[C@@H](O[C@@H]5OC[C@@H](O)[C@H](O)[C@H]5O)[C@@]6(C)[C@H](O)CO)C[C@]43C)[C@@H]2C1. The third-order valence-electron chi connectivity index (χ3n) is 16.4. The Balaban J connectivity index is 1.32. The summed E-state index contributed by atoms with van der Waals surface area (Å²) in [6.07, 6.45) is 1.84. The number of ether oxygens (including phenoxy) is 2. The normalized spacial score (nSPS) is 56.9. The number of carbonyl (C=O) groups is 1. The lowest BCUT2D eigenvalue weighted by molar-refractivity contribution is -0.349. The van der Waals surface area contributed by atoms with Crippen molar-refractivity contribution in [3.63, 3.8) is 0 Å². The minimum atomic E-state index is -1.58. The molecule has 49 heavy (non-hydrogen) atoms. The maximum atomic E-state index is 13.1. The fourth-order valence-corrected chi connectivity index (χ4v) is 13.5. The highest BCUT2D eigenvalue weighted by Gasteiger charge is 2.76. The van der Waals surface area contributed by atoms with Crippen LogP contribution >= 0.6 is 0 Å². The Morgan fingerprint density at radius 1 is 0.959 bits per heavy atom. The van der Waals surface area contributed by atoms with Gasteiger partial charge < -0.3 is 50.3 Å². The van der Waals surface area contributed by atoms with Crippen molar-refractivity contribution in [1.82, 2.24) is 0 Å². The molecule has 0 spiro atoms. The van der Waals surface area contributed by atoms with Gasteiger partial charge in [0, 0.05) is 17.9 Å². The van der Waals surface area contributed by atoms with Gasteiger partial charge in [0.05, 0.1) is 36.9 Å². The molecule has 11 nitrogen and oxygen atoms in total. The molecule has 0 radical (unpaired) electrons. The summed E-state index contributed by atoms with van der Waals surface area (Å²) >= 11 is 0. The molecule has 1 heterocycles. The number of aliphatic carboxylic acids is 1. The second-order valence-electron chi connectivity index (χ2n) is 18.4. The van der Waals surface area contributed by atoms with E-state index in [1.165, 1.54) is 5.57 Å². The standard InChI is InChI=1S/C38H58O11/c1-33(18-40)10-12-38(32(46)47)13-11-34(2)20(22(38)15-33)8-9-24-35(34,3)14-19-6-7-21-26(43)30(49-31-28(45)27(44)23(41)17-48-31)37(5,25(42)16-39)29(19)36(21,24)4/h6-8,19,21-31,39-45H,9-18H2,1-5H3,(H,46,47)/t19-,21-,22-,23+,24-,25+,26+,27-,28+,29-,30+,31-,33-,34+,35+,36+,37-,38-/m0/s1. The van der Waals surface area contributed by atoms with Crippen molar-refractivity contribution in [3.8, 4) is 0 Å². The lowest BCUT2D eigenvalue weighted by Crippen LogP contribution is -2.76. The average Bonchev–Trinajstić information content (AvgIpc) is 3.05. The summed E-state index contributed by atoms with van der Waals surface area (Å²) in [6.45, 7) is 9.98. The van der Waals surface area contributed by atoms with E-state index in [0.29, 0.717) is 32.1 Å². The minimum absolute atomic E-state index is 0.0206. The number of carboxylic acids is 1. The molecular formula is C38H58O11. The molecule has 6 aliphatic carbocycles. The van der Waals surface area contributed by atoms with Crippen molar-refractivity contribution in [2.24, 2.45) is 62.1 Å². The van der Waals surface area contributed by atoms with E-state index in [9.17, 15) is 45.6 Å². The zero-order valence-electron chi connectivity index (χ0n) is 29.5. The topological polar surface area (TPSA) is 197 Å². The number of aliphatic hydroxyl groups is 7. The van der Waals surface area contributed by atoms with Crippen molar-refractivity contribution in [2.75, 3.05) is 19.8 Å². The number of fused-ring (bicyclic) bond motifs is 5. The number of allylic oxidation sites excluding steroid dienone is 3. The molecule has 8 N–H and O–H groups in total. The maximum Gasteiger partial charge on any atom is 0.310 e. The van der Waals surface area contributed by atoms with E-state index in [-0.39, 0.29) is 53.1 Å². The van der Waals surface area contributed by atoms with Crippen molar-refractivity contribution in [2.45, 2.75) is 122 Å². The molecular weight excluding hydrogens is 632 g/mol. The summed E-state index contributed by atoms with van der Waals surface area (Å²) in [4.78, 5) is 13.1. The molecule has 0 aromatic carbocycles. The second-order valence-corrected chi connectivity index (χ2v) is 18.4. The Bertz CT molecular complexity index is 1400. The summed E-state index contributed by atoms with van der Waals surface area (Å²) in [7, 11) is 0. The zero-order valence-corrected chi connectivity index (χ0v) is 29.5. The number of hydrogen-bond donors (Lipinski definition) is 8. The van der Waals surface area contributed by atoms with Gasteiger partial charge >= 0.3 is 5.97 Å². The van der Waals surface area contributed by atoms with E-state index in [2.05, 4.69) is 45.9 Å². The molecule has 11 heteroatoms. The summed E-state index contributed by atoms with van der Waals surface area (Å²) in [6, 6.07) is 0. The fraction of sp³-hybridized carbons (Fsp3) is 0.868. The first kappa shape index (κ1) is 36.0. The summed E-state index contributed by atoms with van der Waals surface area (Å²) in [5.74, 6) is -1.64. The molecule has 18 atom stereocenters. The Morgan fingerprint density at radius 3 is 2.31 bits per heavy atom. The number of carboxylic acid groups (broad SMARTS) is 1. The van der Waals surface area contributed by atoms with E-state index in [1.54, 1.807) is 0 Å². The van der Waals surface area contributed by atoms with Gasteiger partial charge in [-0.05, 0) is 90.3 Å². The predicted octanol–water partition coefficient (Wildman–Crippen LogP) is 2.00. The van der Waals surface area contributed by atoms with Crippen molar-refractivity contribution in [3.05, 3.63) is 23.8 Å². The monoisotopic (exact) mass is 690 g/mol. The number of hydrogen-bond acceptors (Lipinski definition) is 10. The highest BCUT2D eigenvalue weighted by atomic mass is 16.7. The third kappa shape index (κ3) is 4.49. The largest absolute Gasteiger partial charge is 0.481 e. The van der Waals surface area contributed by atoms with Crippen LogP contribution in [0.4, 0.5) is 0 Å². The molecule has 1 saturated heterocycles. The summed E-state index contributed by atoms with van der Waals surface area (Å²) in [5, 5.41) is 87.0. The summed E-state index contributed by atoms with van der Waals surface area (Å²) in [5.41, 5.74) is -2.40. The molecule has 7 rings (SSSR count). The highest BCUT2D eigenvalue weighted by Crippen LogP contribution is 2.79. The van der Waals surface area contributed by atoms with E-state index in [1.807, 2.05) is 6.92 Å². The Hall–Kier alpha value is -1.41. The molecule has 0 aromatic heterocycles. The van der Waals surface area contributed by atoms with Crippen LogP contribution in [-0.2, 0) is 14.3 Å². The third-order valence-corrected chi connectivity index (χ3v) is 16.4. The van der Waals surface area contributed by atoms with E-state index in [0.717, 1.165) is 12.8 Å². The van der Waals surface area contributed by atoms with Gasteiger partial charge in [0.15, 0.2) is 6.29 Å². The quantitative estimate of drug-likeness (QED) is 0.150. The Morgan fingerprint density at radius 2 is 1.65 bits per heavy atom. The first-order valence-electron chi connectivity index (χ1n) is 18.4. The Kier molecular flexibility index (Phi) is 8.47. The van der Waals surface area contributed by atoms with E-state index < -0.39 is 77.7 Å². The van der Waals surface area contributed by atoms with Crippen LogP contribution in [0.2, 0.25) is 0 Å². The molecule has 0 aromatic rings. The maximum absolute atomic E-state index is 13.1. The molecule has 0 unspecified atom stereocenters. The highest BCUT2D eigenvalue weighted by molar-refractivity contribution is 5.76. The van der Waals surface area contributed by atoms with Gasteiger partial charge in [-0.15, -0.1) is 0 Å². The lowest BCUT2D eigenvalue weighted by atomic mass is 9.29. The molecule has 7 aliphatic rings. The van der Waals surface area contributed by atoms with Crippen LogP contribution in [0.1, 0.15) is 79.6 Å². The Labute approximate surface area is 289 Å². The van der Waals surface area contributed by atoms with Gasteiger partial charge in [0.2, 0.25) is 0 Å². The molecule has 276 valence electrons. The van der Waals surface area contributed by atoms with E-state index in [4.69, 9.17) is 9.47 Å². The van der Waals surface area contributed by atoms with Gasteiger partial charge in [-0.1, -0.05) is 58.4 Å². The van der Waals surface area contributed by atoms with Crippen LogP contribution in [-0.4, -0.2) is 110 Å². The summed E-state index contributed by atoms with van der Waals surface area (Å²) < 4.78 is 12.0. The fourth-order valence-electron chi connectivity index (χ4n) is 13.5. The van der Waals surface area contributed by atoms with Gasteiger partial charge in [-0.2, -0.15) is 0 Å². The number of rotatable bonds is 6. The van der Waals surface area contributed by atoms with Gasteiger partial charge in [0.1, 0.15) is 18.3 Å². The predicted molar refractivity (Wildman–Crippen MR) is 176 cm³/mol. The number of aliphatic hydroxyl groups excluding tert-OH is 7. The smallest absolute Gasteiger partial charge is 0.310 e. The van der Waals surface area contributed by atoms with Crippen LogP contribution in [0.25, 0.3) is 0 Å². The van der Waals surface area contributed by atoms with Crippen molar-refractivity contribution in [1.29, 1.82) is 0 Å². The van der Waals surface area contributed by atoms with Crippen molar-refractivity contribution >= 4 is 5.97 Å². The molecule has 5 fully saturated rings. The van der Waals surface area contributed by atoms with Gasteiger partial charge in [0.25, 0.3) is 0 Å². The molecule has 4 saturated carbocycles.